The summed E-state index contributed by atoms with van der Waals surface area (Å²) in [5, 5.41) is 1.32. The monoisotopic (exact) mass is 307 g/mol. The highest BCUT2D eigenvalue weighted by Gasteiger charge is 2.23. The predicted octanol–water partition coefficient (Wildman–Crippen LogP) is 3.71. The zero-order valence-electron chi connectivity index (χ0n) is 14.2. The zero-order chi connectivity index (χ0) is 15.9. The van der Waals surface area contributed by atoms with Gasteiger partial charge in [0.2, 0.25) is 0 Å². The van der Waals surface area contributed by atoms with Crippen LogP contribution in [0.5, 0.6) is 0 Å². The lowest BCUT2D eigenvalue weighted by molar-refractivity contribution is 0.111. The molecule has 0 aliphatic carbocycles. The molecule has 0 unspecified atom stereocenters. The third kappa shape index (κ3) is 5.36. The molecule has 0 saturated heterocycles. The molecular formula is C17H29NO2Si. The highest BCUT2D eigenvalue weighted by atomic mass is 28.3. The summed E-state index contributed by atoms with van der Waals surface area (Å²) in [6.45, 7) is 9.62. The van der Waals surface area contributed by atoms with E-state index in [0.29, 0.717) is 12.3 Å². The molecule has 118 valence electrons. The van der Waals surface area contributed by atoms with Gasteiger partial charge in [-0.05, 0) is 23.6 Å². The minimum atomic E-state index is -1.50. The van der Waals surface area contributed by atoms with Crippen molar-refractivity contribution in [2.75, 3.05) is 7.11 Å². The number of ether oxygens (including phenoxy) is 1. The lowest BCUT2D eigenvalue weighted by atomic mass is 10.0. The fourth-order valence-corrected chi connectivity index (χ4v) is 4.15. The Bertz CT molecular complexity index is 467. The van der Waals surface area contributed by atoms with E-state index in [0.717, 1.165) is 30.4 Å². The average molecular weight is 308 g/mol. The molecule has 0 radical (unpaired) electrons. The average Bonchev–Trinajstić information content (AvgIpc) is 2.43. The van der Waals surface area contributed by atoms with Crippen molar-refractivity contribution in [2.45, 2.75) is 65.3 Å². The molecule has 0 spiro atoms. The maximum absolute atomic E-state index is 11.3. The van der Waals surface area contributed by atoms with E-state index >= 15 is 0 Å². The lowest BCUT2D eigenvalue weighted by Gasteiger charge is -2.22. The van der Waals surface area contributed by atoms with Gasteiger partial charge in [0.1, 0.15) is 5.69 Å². The van der Waals surface area contributed by atoms with E-state index in [2.05, 4.69) is 37.6 Å². The van der Waals surface area contributed by atoms with Crippen LogP contribution in [0.1, 0.15) is 54.4 Å². The van der Waals surface area contributed by atoms with Crippen LogP contribution in [0.15, 0.2) is 6.07 Å². The summed E-state index contributed by atoms with van der Waals surface area (Å²) in [6, 6.07) is 2.23. The number of aryl methyl sites for hydroxylation is 1. The van der Waals surface area contributed by atoms with Gasteiger partial charge in [-0.1, -0.05) is 51.9 Å². The molecule has 3 nitrogen and oxygen atoms in total. The fraction of sp³-hybridized carbons (Fsp3) is 0.647. The molecule has 1 rings (SSSR count). The highest BCUT2D eigenvalue weighted by Crippen LogP contribution is 2.15. The van der Waals surface area contributed by atoms with E-state index in [1.54, 1.807) is 7.11 Å². The molecule has 0 aliphatic rings. The molecule has 0 fully saturated rings. The van der Waals surface area contributed by atoms with Crippen molar-refractivity contribution < 1.29 is 9.53 Å². The highest BCUT2D eigenvalue weighted by molar-refractivity contribution is 6.89. The first-order valence-electron chi connectivity index (χ1n) is 7.91. The van der Waals surface area contributed by atoms with Crippen LogP contribution in [-0.4, -0.2) is 26.5 Å². The van der Waals surface area contributed by atoms with E-state index in [1.165, 1.54) is 24.4 Å². The van der Waals surface area contributed by atoms with E-state index in [1.807, 2.05) is 0 Å². The Kier molecular flexibility index (Phi) is 7.25. The Balaban J connectivity index is 3.08. The van der Waals surface area contributed by atoms with E-state index < -0.39 is 8.07 Å². The van der Waals surface area contributed by atoms with Crippen molar-refractivity contribution >= 4 is 19.5 Å². The number of methoxy groups -OCH3 is 1. The van der Waals surface area contributed by atoms with Crippen molar-refractivity contribution in [3.05, 3.63) is 23.0 Å². The molecule has 0 N–H and O–H groups in total. The normalized spacial score (nSPS) is 11.7. The topological polar surface area (TPSA) is 39.2 Å². The number of hydrogen-bond donors (Lipinski definition) is 0. The lowest BCUT2D eigenvalue weighted by Crippen LogP contribution is -2.41. The minimum Gasteiger partial charge on any atom is -0.378 e. The Morgan fingerprint density at radius 1 is 1.24 bits per heavy atom. The van der Waals surface area contributed by atoms with Crippen LogP contribution >= 0.6 is 0 Å². The first-order chi connectivity index (χ1) is 9.93. The minimum absolute atomic E-state index is 0.483. The van der Waals surface area contributed by atoms with Crippen molar-refractivity contribution in [1.29, 1.82) is 0 Å². The second kappa shape index (κ2) is 8.44. The van der Waals surface area contributed by atoms with Gasteiger partial charge in [-0.2, -0.15) is 0 Å². The zero-order valence-corrected chi connectivity index (χ0v) is 15.2. The summed E-state index contributed by atoms with van der Waals surface area (Å²) >= 11 is 0. The number of hydrogen-bond acceptors (Lipinski definition) is 3. The van der Waals surface area contributed by atoms with Gasteiger partial charge in [0.05, 0.1) is 20.4 Å². The molecule has 0 aliphatic heterocycles. The summed E-state index contributed by atoms with van der Waals surface area (Å²) in [4.78, 5) is 15.9. The van der Waals surface area contributed by atoms with E-state index in [9.17, 15) is 4.79 Å². The molecule has 0 atom stereocenters. The molecule has 0 saturated carbocycles. The predicted molar refractivity (Wildman–Crippen MR) is 91.2 cm³/mol. The third-order valence-corrected chi connectivity index (χ3v) is 5.76. The smallest absolute Gasteiger partial charge is 0.168 e. The van der Waals surface area contributed by atoms with Crippen molar-refractivity contribution in [1.82, 2.24) is 4.98 Å². The van der Waals surface area contributed by atoms with Gasteiger partial charge in [-0.3, -0.25) is 4.79 Å². The number of pyridine rings is 1. The van der Waals surface area contributed by atoms with Crippen LogP contribution in [0.2, 0.25) is 19.6 Å². The van der Waals surface area contributed by atoms with Gasteiger partial charge in [-0.15, -0.1) is 0 Å². The Labute approximate surface area is 130 Å². The number of rotatable bonds is 9. The Morgan fingerprint density at radius 3 is 2.48 bits per heavy atom. The van der Waals surface area contributed by atoms with Gasteiger partial charge < -0.3 is 4.74 Å². The number of carbonyl (C=O) groups is 1. The number of carbonyl (C=O) groups excluding carboxylic acids is 1. The second-order valence-corrected chi connectivity index (χ2v) is 11.7. The SMILES string of the molecule is CCCCCCc1cc([Si](C)(C)C)c(COC)nc1C=O. The standard InChI is InChI=1S/C17H29NO2Si/c1-6-7-8-9-10-14-11-17(21(3,4)5)16(13-20-2)18-15(14)12-19/h11-12H,6-10,13H2,1-5H3. The van der Waals surface area contributed by atoms with Crippen LogP contribution in [0.25, 0.3) is 0 Å². The van der Waals surface area contributed by atoms with Crippen LogP contribution < -0.4 is 5.19 Å². The quantitative estimate of drug-likeness (QED) is 0.396. The van der Waals surface area contributed by atoms with Crippen molar-refractivity contribution in [3.63, 3.8) is 0 Å². The molecule has 0 amide bonds. The summed E-state index contributed by atoms with van der Waals surface area (Å²) < 4.78 is 5.26. The Morgan fingerprint density at radius 2 is 1.95 bits per heavy atom. The molecule has 4 heteroatoms. The number of unbranched alkanes of at least 4 members (excludes halogenated alkanes) is 3. The van der Waals surface area contributed by atoms with E-state index in [-0.39, 0.29) is 0 Å². The summed E-state index contributed by atoms with van der Waals surface area (Å²) in [7, 11) is 0.180. The first-order valence-corrected chi connectivity index (χ1v) is 11.4. The van der Waals surface area contributed by atoms with Crippen LogP contribution in [0.3, 0.4) is 0 Å². The molecular weight excluding hydrogens is 278 g/mol. The van der Waals surface area contributed by atoms with Gasteiger partial charge in [0.15, 0.2) is 6.29 Å². The summed E-state index contributed by atoms with van der Waals surface area (Å²) in [6.07, 6.45) is 6.67. The van der Waals surface area contributed by atoms with Gasteiger partial charge in [0, 0.05) is 7.11 Å². The van der Waals surface area contributed by atoms with Gasteiger partial charge in [-0.25, -0.2) is 4.98 Å². The maximum atomic E-state index is 11.3. The van der Waals surface area contributed by atoms with Crippen LogP contribution in [0.4, 0.5) is 0 Å². The van der Waals surface area contributed by atoms with Crippen molar-refractivity contribution in [2.24, 2.45) is 0 Å². The second-order valence-electron chi connectivity index (χ2n) is 6.64. The largest absolute Gasteiger partial charge is 0.378 e. The molecule has 1 aromatic rings. The van der Waals surface area contributed by atoms with E-state index in [4.69, 9.17) is 4.74 Å². The van der Waals surface area contributed by atoms with Crippen LogP contribution in [-0.2, 0) is 17.8 Å². The molecule has 21 heavy (non-hydrogen) atoms. The number of aromatic nitrogens is 1. The summed E-state index contributed by atoms with van der Waals surface area (Å²) in [5.41, 5.74) is 2.65. The van der Waals surface area contributed by atoms with Crippen LogP contribution in [0, 0.1) is 0 Å². The molecule has 1 heterocycles. The molecule has 0 aromatic carbocycles. The number of aldehydes is 1. The first kappa shape index (κ1) is 18.0. The fourth-order valence-electron chi connectivity index (χ4n) is 2.55. The third-order valence-electron chi connectivity index (χ3n) is 3.71. The van der Waals surface area contributed by atoms with Crippen molar-refractivity contribution in [3.8, 4) is 0 Å². The molecule has 1 aromatic heterocycles. The van der Waals surface area contributed by atoms with Gasteiger partial charge in [0.25, 0.3) is 0 Å². The Hall–Kier alpha value is -1.00. The van der Waals surface area contributed by atoms with Gasteiger partial charge >= 0.3 is 0 Å². The molecule has 0 bridgehead atoms. The number of nitrogens with zero attached hydrogens (tertiary/aromatic N) is 1. The summed E-state index contributed by atoms with van der Waals surface area (Å²) in [5.74, 6) is 0. The maximum Gasteiger partial charge on any atom is 0.168 e.